The van der Waals surface area contributed by atoms with Crippen LogP contribution in [0.4, 0.5) is 5.69 Å². The maximum Gasteiger partial charge on any atom is 0.258 e. The standard InChI is InChI=1S/C17H20N2O3/c1-18-14-5-3-13(4-6-14)11-19-17(20)12-22-16-9-7-15(21-2)8-10-16/h3-10,18H,11-12H2,1-2H3,(H,19,20). The van der Waals surface area contributed by atoms with Crippen molar-refractivity contribution >= 4 is 11.6 Å². The van der Waals surface area contributed by atoms with Gasteiger partial charge in [0, 0.05) is 19.3 Å². The SMILES string of the molecule is CNc1ccc(CNC(=O)COc2ccc(OC)cc2)cc1. The van der Waals surface area contributed by atoms with Gasteiger partial charge in [-0.05, 0) is 42.0 Å². The van der Waals surface area contributed by atoms with Gasteiger partial charge in [-0.3, -0.25) is 4.79 Å². The van der Waals surface area contributed by atoms with Gasteiger partial charge >= 0.3 is 0 Å². The highest BCUT2D eigenvalue weighted by Gasteiger charge is 2.03. The molecule has 2 N–H and O–H groups in total. The quantitative estimate of drug-likeness (QED) is 0.824. The fourth-order valence-electron chi connectivity index (χ4n) is 1.86. The summed E-state index contributed by atoms with van der Waals surface area (Å²) in [5.74, 6) is 1.23. The zero-order valence-electron chi connectivity index (χ0n) is 12.8. The van der Waals surface area contributed by atoms with Gasteiger partial charge in [-0.25, -0.2) is 0 Å². The number of methoxy groups -OCH3 is 1. The van der Waals surface area contributed by atoms with Crippen molar-refractivity contribution in [2.75, 3.05) is 26.1 Å². The van der Waals surface area contributed by atoms with E-state index in [1.807, 2.05) is 31.3 Å². The predicted molar refractivity (Wildman–Crippen MR) is 86.3 cm³/mol. The van der Waals surface area contributed by atoms with E-state index in [-0.39, 0.29) is 12.5 Å². The monoisotopic (exact) mass is 300 g/mol. The molecule has 0 radical (unpaired) electrons. The van der Waals surface area contributed by atoms with Crippen LogP contribution in [0.5, 0.6) is 11.5 Å². The van der Waals surface area contributed by atoms with E-state index in [1.165, 1.54) is 0 Å². The Labute approximate surface area is 130 Å². The average molecular weight is 300 g/mol. The van der Waals surface area contributed by atoms with Crippen LogP contribution in [0.25, 0.3) is 0 Å². The van der Waals surface area contributed by atoms with Gasteiger partial charge in [0.15, 0.2) is 6.61 Å². The molecule has 0 atom stereocenters. The minimum atomic E-state index is -0.159. The molecule has 5 nitrogen and oxygen atoms in total. The summed E-state index contributed by atoms with van der Waals surface area (Å²) in [5, 5.41) is 5.87. The first-order chi connectivity index (χ1) is 10.7. The highest BCUT2D eigenvalue weighted by molar-refractivity contribution is 5.77. The molecule has 2 aromatic rings. The molecular weight excluding hydrogens is 280 g/mol. The molecule has 22 heavy (non-hydrogen) atoms. The van der Waals surface area contributed by atoms with Crippen LogP contribution in [-0.4, -0.2) is 26.7 Å². The molecule has 5 heteroatoms. The number of carbonyl (C=O) groups excluding carboxylic acids is 1. The van der Waals surface area contributed by atoms with Crippen LogP contribution < -0.4 is 20.1 Å². The molecule has 2 aromatic carbocycles. The van der Waals surface area contributed by atoms with Crippen molar-refractivity contribution in [1.82, 2.24) is 5.32 Å². The molecule has 0 aliphatic heterocycles. The molecule has 1 amide bonds. The summed E-state index contributed by atoms with van der Waals surface area (Å²) in [6.45, 7) is 0.468. The maximum absolute atomic E-state index is 11.8. The van der Waals surface area contributed by atoms with E-state index in [0.717, 1.165) is 17.0 Å². The Bertz CT molecular complexity index is 541. The lowest BCUT2D eigenvalue weighted by Crippen LogP contribution is -2.28. The van der Waals surface area contributed by atoms with E-state index in [0.29, 0.717) is 12.3 Å². The van der Waals surface area contributed by atoms with E-state index in [2.05, 4.69) is 10.6 Å². The Hall–Kier alpha value is -2.69. The summed E-state index contributed by atoms with van der Waals surface area (Å²) in [4.78, 5) is 11.8. The van der Waals surface area contributed by atoms with E-state index in [4.69, 9.17) is 9.47 Å². The zero-order valence-corrected chi connectivity index (χ0v) is 12.8. The minimum Gasteiger partial charge on any atom is -0.497 e. The summed E-state index contributed by atoms with van der Waals surface area (Å²) in [7, 11) is 3.47. The fourth-order valence-corrected chi connectivity index (χ4v) is 1.86. The van der Waals surface area contributed by atoms with E-state index in [1.54, 1.807) is 31.4 Å². The van der Waals surface area contributed by atoms with Crippen LogP contribution in [-0.2, 0) is 11.3 Å². The fraction of sp³-hybridized carbons (Fsp3) is 0.235. The van der Waals surface area contributed by atoms with Crippen molar-refractivity contribution in [3.05, 3.63) is 54.1 Å². The molecule has 2 rings (SSSR count). The van der Waals surface area contributed by atoms with Gasteiger partial charge in [0.2, 0.25) is 0 Å². The second kappa shape index (κ2) is 7.93. The van der Waals surface area contributed by atoms with Gasteiger partial charge in [-0.15, -0.1) is 0 Å². The van der Waals surface area contributed by atoms with Crippen LogP contribution >= 0.6 is 0 Å². The van der Waals surface area contributed by atoms with Gasteiger partial charge in [0.25, 0.3) is 5.91 Å². The summed E-state index contributed by atoms with van der Waals surface area (Å²) in [6, 6.07) is 15.0. The van der Waals surface area contributed by atoms with Crippen molar-refractivity contribution in [2.24, 2.45) is 0 Å². The van der Waals surface area contributed by atoms with E-state index in [9.17, 15) is 4.79 Å². The Morgan fingerprint density at radius 2 is 1.64 bits per heavy atom. The van der Waals surface area contributed by atoms with Gasteiger partial charge in [0.05, 0.1) is 7.11 Å². The van der Waals surface area contributed by atoms with Gasteiger partial charge in [-0.1, -0.05) is 12.1 Å². The largest absolute Gasteiger partial charge is 0.497 e. The third-order valence-corrected chi connectivity index (χ3v) is 3.16. The summed E-state index contributed by atoms with van der Waals surface area (Å²) < 4.78 is 10.5. The normalized spacial score (nSPS) is 9.91. The molecule has 0 aliphatic carbocycles. The number of benzene rings is 2. The molecule has 0 saturated carbocycles. The molecule has 0 aliphatic rings. The molecule has 0 fully saturated rings. The van der Waals surface area contributed by atoms with Crippen molar-refractivity contribution in [1.29, 1.82) is 0 Å². The van der Waals surface area contributed by atoms with Crippen molar-refractivity contribution < 1.29 is 14.3 Å². The maximum atomic E-state index is 11.8. The molecule has 0 saturated heterocycles. The lowest BCUT2D eigenvalue weighted by Gasteiger charge is -2.08. The smallest absolute Gasteiger partial charge is 0.258 e. The predicted octanol–water partition coefficient (Wildman–Crippen LogP) is 2.43. The second-order valence-corrected chi connectivity index (χ2v) is 4.69. The van der Waals surface area contributed by atoms with Crippen molar-refractivity contribution in [3.8, 4) is 11.5 Å². The number of hydrogen-bond donors (Lipinski definition) is 2. The van der Waals surface area contributed by atoms with Gasteiger partial charge < -0.3 is 20.1 Å². The zero-order chi connectivity index (χ0) is 15.8. The second-order valence-electron chi connectivity index (χ2n) is 4.69. The third kappa shape index (κ3) is 4.70. The Morgan fingerprint density at radius 3 is 2.23 bits per heavy atom. The molecule has 0 bridgehead atoms. The van der Waals surface area contributed by atoms with Crippen molar-refractivity contribution in [2.45, 2.75) is 6.54 Å². The average Bonchev–Trinajstić information content (AvgIpc) is 2.59. The summed E-state index contributed by atoms with van der Waals surface area (Å²) >= 11 is 0. The number of hydrogen-bond acceptors (Lipinski definition) is 4. The molecule has 116 valence electrons. The number of carbonyl (C=O) groups is 1. The van der Waals surface area contributed by atoms with Crippen LogP contribution in [0.3, 0.4) is 0 Å². The molecule has 0 unspecified atom stereocenters. The van der Waals surface area contributed by atoms with E-state index >= 15 is 0 Å². The molecule has 0 aromatic heterocycles. The van der Waals surface area contributed by atoms with Crippen LogP contribution in [0.2, 0.25) is 0 Å². The number of amides is 1. The number of anilines is 1. The number of nitrogens with one attached hydrogen (secondary N) is 2. The van der Waals surface area contributed by atoms with Gasteiger partial charge in [-0.2, -0.15) is 0 Å². The Balaban J connectivity index is 1.74. The summed E-state index contributed by atoms with van der Waals surface area (Å²) in [6.07, 6.45) is 0. The Morgan fingerprint density at radius 1 is 1.00 bits per heavy atom. The molecule has 0 spiro atoms. The first-order valence-corrected chi connectivity index (χ1v) is 7.01. The first-order valence-electron chi connectivity index (χ1n) is 7.01. The van der Waals surface area contributed by atoms with Crippen LogP contribution in [0.1, 0.15) is 5.56 Å². The van der Waals surface area contributed by atoms with Crippen LogP contribution in [0, 0.1) is 0 Å². The lowest BCUT2D eigenvalue weighted by atomic mass is 10.2. The van der Waals surface area contributed by atoms with Gasteiger partial charge in [0.1, 0.15) is 11.5 Å². The third-order valence-electron chi connectivity index (χ3n) is 3.16. The topological polar surface area (TPSA) is 59.6 Å². The minimum absolute atomic E-state index is 0.0130. The highest BCUT2D eigenvalue weighted by atomic mass is 16.5. The first kappa shape index (κ1) is 15.7. The molecular formula is C17H20N2O3. The lowest BCUT2D eigenvalue weighted by molar-refractivity contribution is -0.123. The van der Waals surface area contributed by atoms with Crippen LogP contribution in [0.15, 0.2) is 48.5 Å². The molecule has 0 heterocycles. The highest BCUT2D eigenvalue weighted by Crippen LogP contribution is 2.16. The number of ether oxygens (including phenoxy) is 2. The summed E-state index contributed by atoms with van der Waals surface area (Å²) in [5.41, 5.74) is 2.08. The van der Waals surface area contributed by atoms with Crippen molar-refractivity contribution in [3.63, 3.8) is 0 Å². The number of rotatable bonds is 7. The Kier molecular flexibility index (Phi) is 5.65. The van der Waals surface area contributed by atoms with E-state index < -0.39 is 0 Å².